The van der Waals surface area contributed by atoms with Gasteiger partial charge in [0.15, 0.2) is 0 Å². The Hall–Kier alpha value is -1.44. The summed E-state index contributed by atoms with van der Waals surface area (Å²) in [6.07, 6.45) is 1.34. The lowest BCUT2D eigenvalue weighted by Crippen LogP contribution is -2.42. The molecule has 1 aliphatic heterocycles. The van der Waals surface area contributed by atoms with Crippen LogP contribution in [-0.4, -0.2) is 51.4 Å². The normalized spacial score (nSPS) is 25.7. The van der Waals surface area contributed by atoms with Crippen LogP contribution < -0.4 is 11.2 Å². The van der Waals surface area contributed by atoms with Gasteiger partial charge in [0.25, 0.3) is 5.56 Å². The first-order valence-corrected chi connectivity index (χ1v) is 7.34. The number of hydrogen-bond donors (Lipinski definition) is 2. The van der Waals surface area contributed by atoms with Crippen LogP contribution in [-0.2, 0) is 4.74 Å². The number of aliphatic hydroxyl groups excluding tert-OH is 1. The van der Waals surface area contributed by atoms with Crippen LogP contribution in [0.4, 0.5) is 0 Å². The summed E-state index contributed by atoms with van der Waals surface area (Å²) >= 11 is 0. The van der Waals surface area contributed by atoms with Gasteiger partial charge in [-0.15, -0.1) is 0 Å². The van der Waals surface area contributed by atoms with Crippen molar-refractivity contribution in [2.75, 3.05) is 19.7 Å². The van der Waals surface area contributed by atoms with E-state index in [9.17, 15) is 14.7 Å². The van der Waals surface area contributed by atoms with Gasteiger partial charge in [-0.2, -0.15) is 0 Å². The predicted molar refractivity (Wildman–Crippen MR) is 78.4 cm³/mol. The first-order valence-electron chi connectivity index (χ1n) is 7.34. The van der Waals surface area contributed by atoms with Gasteiger partial charge in [0.05, 0.1) is 12.7 Å². The number of nitrogens with zero attached hydrogens (tertiary/aromatic N) is 2. The number of likely N-dealkylation sites (N-methyl/N-ethyl adjacent to an activating group) is 1. The van der Waals surface area contributed by atoms with Crippen molar-refractivity contribution in [2.24, 2.45) is 0 Å². The smallest absolute Gasteiger partial charge is 0.330 e. The molecule has 21 heavy (non-hydrogen) atoms. The highest BCUT2D eigenvalue weighted by molar-refractivity contribution is 5.02. The van der Waals surface area contributed by atoms with Gasteiger partial charge in [-0.05, 0) is 20.0 Å². The fraction of sp³-hybridized carbons (Fsp3) is 0.714. The number of H-pyrrole nitrogens is 1. The van der Waals surface area contributed by atoms with Crippen LogP contribution in [0.2, 0.25) is 0 Å². The fourth-order valence-electron chi connectivity index (χ4n) is 2.93. The molecule has 0 unspecified atom stereocenters. The third kappa shape index (κ3) is 3.09. The molecule has 0 aliphatic carbocycles. The van der Waals surface area contributed by atoms with E-state index in [1.807, 2.05) is 0 Å². The molecule has 0 saturated carbocycles. The first kappa shape index (κ1) is 15.9. The highest BCUT2D eigenvalue weighted by Gasteiger charge is 2.38. The summed E-state index contributed by atoms with van der Waals surface area (Å²) in [4.78, 5) is 27.9. The maximum atomic E-state index is 11.9. The number of aromatic amines is 1. The molecule has 2 N–H and O–H groups in total. The summed E-state index contributed by atoms with van der Waals surface area (Å²) in [5, 5.41) is 9.51. The van der Waals surface area contributed by atoms with Crippen molar-refractivity contribution < 1.29 is 9.84 Å². The highest BCUT2D eigenvalue weighted by Crippen LogP contribution is 2.30. The molecule has 2 rings (SSSR count). The summed E-state index contributed by atoms with van der Waals surface area (Å²) in [6, 6.07) is 0.0640. The first-order chi connectivity index (χ1) is 10.0. The lowest BCUT2D eigenvalue weighted by atomic mass is 10.1. The van der Waals surface area contributed by atoms with Gasteiger partial charge in [-0.1, -0.05) is 13.8 Å². The minimum atomic E-state index is -0.479. The van der Waals surface area contributed by atoms with Crippen LogP contribution in [0.1, 0.15) is 32.1 Å². The Morgan fingerprint density at radius 3 is 2.67 bits per heavy atom. The zero-order valence-electron chi connectivity index (χ0n) is 12.7. The van der Waals surface area contributed by atoms with E-state index in [2.05, 4.69) is 23.7 Å². The quantitative estimate of drug-likeness (QED) is 0.788. The number of aromatic nitrogens is 2. The van der Waals surface area contributed by atoms with E-state index in [1.54, 1.807) is 6.92 Å². The molecular weight excluding hydrogens is 274 g/mol. The lowest BCUT2D eigenvalue weighted by molar-refractivity contribution is -0.0381. The van der Waals surface area contributed by atoms with Crippen molar-refractivity contribution in [3.63, 3.8) is 0 Å². The number of nitrogens with one attached hydrogen (secondary N) is 1. The van der Waals surface area contributed by atoms with E-state index in [0.29, 0.717) is 12.0 Å². The Morgan fingerprint density at radius 2 is 2.10 bits per heavy atom. The average Bonchev–Trinajstić information content (AvgIpc) is 2.88. The molecule has 1 aliphatic rings. The van der Waals surface area contributed by atoms with Gasteiger partial charge in [-0.25, -0.2) is 4.79 Å². The van der Waals surface area contributed by atoms with Crippen molar-refractivity contribution in [2.45, 2.75) is 45.6 Å². The molecule has 0 amide bonds. The van der Waals surface area contributed by atoms with Crippen molar-refractivity contribution in [3.05, 3.63) is 32.6 Å². The third-order valence-electron chi connectivity index (χ3n) is 4.12. The van der Waals surface area contributed by atoms with Gasteiger partial charge in [0.1, 0.15) is 6.23 Å². The van der Waals surface area contributed by atoms with E-state index >= 15 is 0 Å². The average molecular weight is 297 g/mol. The maximum Gasteiger partial charge on any atom is 0.330 e. The van der Waals surface area contributed by atoms with E-state index in [1.165, 1.54) is 10.8 Å². The SMILES string of the molecule is CCN(CC)[C@H]1C[C@H](n2cc(C)c(=O)[nH]c2=O)O[C@@H]1CO. The van der Waals surface area contributed by atoms with Crippen molar-refractivity contribution in [1.29, 1.82) is 0 Å². The topological polar surface area (TPSA) is 87.6 Å². The number of hydrogen-bond acceptors (Lipinski definition) is 5. The Kier molecular flexibility index (Phi) is 4.97. The minimum absolute atomic E-state index is 0.0640. The summed E-state index contributed by atoms with van der Waals surface area (Å²) in [5.74, 6) is 0. The third-order valence-corrected chi connectivity index (χ3v) is 4.12. The summed E-state index contributed by atoms with van der Waals surface area (Å²) < 4.78 is 7.22. The Bertz CT molecular complexity index is 591. The van der Waals surface area contributed by atoms with Crippen LogP contribution in [0.25, 0.3) is 0 Å². The molecule has 0 bridgehead atoms. The van der Waals surface area contributed by atoms with E-state index in [0.717, 1.165) is 13.1 Å². The molecule has 2 heterocycles. The predicted octanol–water partition coefficient (Wildman–Crippen LogP) is -0.165. The van der Waals surface area contributed by atoms with E-state index < -0.39 is 11.9 Å². The standard InChI is InChI=1S/C14H23N3O4/c1-4-16(5-2)10-6-12(21-11(10)8-18)17-7-9(3)13(19)15-14(17)20/h7,10-12,18H,4-6,8H2,1-3H3,(H,15,19,20)/t10-,11+,12+/m0/s1. The zero-order chi connectivity index (χ0) is 15.6. The van der Waals surface area contributed by atoms with Crippen LogP contribution >= 0.6 is 0 Å². The van der Waals surface area contributed by atoms with Crippen LogP contribution in [0, 0.1) is 6.92 Å². The molecule has 0 radical (unpaired) electrons. The molecular formula is C14H23N3O4. The molecule has 1 saturated heterocycles. The molecule has 118 valence electrons. The second kappa shape index (κ2) is 6.55. The highest BCUT2D eigenvalue weighted by atomic mass is 16.5. The number of aryl methyl sites for hydroxylation is 1. The van der Waals surface area contributed by atoms with Crippen molar-refractivity contribution in [3.8, 4) is 0 Å². The number of ether oxygens (including phenoxy) is 1. The Morgan fingerprint density at radius 1 is 1.43 bits per heavy atom. The summed E-state index contributed by atoms with van der Waals surface area (Å²) in [6.45, 7) is 7.38. The molecule has 3 atom stereocenters. The minimum Gasteiger partial charge on any atom is -0.394 e. The molecule has 1 aromatic heterocycles. The van der Waals surface area contributed by atoms with Crippen molar-refractivity contribution in [1.82, 2.24) is 14.5 Å². The molecule has 7 nitrogen and oxygen atoms in total. The van der Waals surface area contributed by atoms with Crippen LogP contribution in [0.15, 0.2) is 15.8 Å². The fourth-order valence-corrected chi connectivity index (χ4v) is 2.93. The number of rotatable bonds is 5. The lowest BCUT2D eigenvalue weighted by Gasteiger charge is -2.28. The monoisotopic (exact) mass is 297 g/mol. The zero-order valence-corrected chi connectivity index (χ0v) is 12.7. The Labute approximate surface area is 123 Å². The molecule has 1 aromatic rings. The molecule has 0 aromatic carbocycles. The largest absolute Gasteiger partial charge is 0.394 e. The van der Waals surface area contributed by atoms with Crippen molar-refractivity contribution >= 4 is 0 Å². The summed E-state index contributed by atoms with van der Waals surface area (Å²) in [5.41, 5.74) is -0.397. The van der Waals surface area contributed by atoms with Gasteiger partial charge in [0.2, 0.25) is 0 Å². The van der Waals surface area contributed by atoms with E-state index in [-0.39, 0.29) is 24.3 Å². The van der Waals surface area contributed by atoms with Gasteiger partial charge in [-0.3, -0.25) is 19.2 Å². The molecule has 7 heteroatoms. The van der Waals surface area contributed by atoms with Gasteiger partial charge >= 0.3 is 5.69 Å². The molecule has 0 spiro atoms. The van der Waals surface area contributed by atoms with Gasteiger partial charge < -0.3 is 9.84 Å². The second-order valence-corrected chi connectivity index (χ2v) is 5.31. The molecule has 1 fully saturated rings. The Balaban J connectivity index is 2.29. The number of aliphatic hydroxyl groups is 1. The maximum absolute atomic E-state index is 11.9. The van der Waals surface area contributed by atoms with Crippen LogP contribution in [0.3, 0.4) is 0 Å². The second-order valence-electron chi connectivity index (χ2n) is 5.31. The summed E-state index contributed by atoms with van der Waals surface area (Å²) in [7, 11) is 0. The van der Waals surface area contributed by atoms with E-state index in [4.69, 9.17) is 4.74 Å². The van der Waals surface area contributed by atoms with Crippen LogP contribution in [0.5, 0.6) is 0 Å². The van der Waals surface area contributed by atoms with Gasteiger partial charge in [0, 0.05) is 24.2 Å².